The van der Waals surface area contributed by atoms with Gasteiger partial charge in [0.2, 0.25) is 0 Å². The van der Waals surface area contributed by atoms with Gasteiger partial charge in [-0.2, -0.15) is 31.5 Å². The summed E-state index contributed by atoms with van der Waals surface area (Å²) in [5.41, 5.74) is -2.07. The summed E-state index contributed by atoms with van der Waals surface area (Å²) in [7, 11) is 0. The molecule has 2 aromatic rings. The first-order valence-electron chi connectivity index (χ1n) is 6.30. The molecule has 0 aliphatic heterocycles. The third kappa shape index (κ3) is 5.02. The normalized spacial score (nSPS) is 12.8. The van der Waals surface area contributed by atoms with E-state index in [4.69, 9.17) is 23.2 Å². The van der Waals surface area contributed by atoms with Crippen LogP contribution in [0.25, 0.3) is 0 Å². The van der Waals surface area contributed by atoms with E-state index < -0.39 is 23.5 Å². The van der Waals surface area contributed by atoms with E-state index in [0.717, 1.165) is 0 Å². The van der Waals surface area contributed by atoms with E-state index in [0.29, 0.717) is 24.5 Å². The lowest BCUT2D eigenvalue weighted by molar-refractivity contribution is -0.138. The largest absolute Gasteiger partial charge is 0.417 e. The van der Waals surface area contributed by atoms with E-state index in [1.807, 2.05) is 0 Å². The predicted molar refractivity (Wildman–Crippen MR) is 76.7 cm³/mol. The van der Waals surface area contributed by atoms with Gasteiger partial charge in [0, 0.05) is 12.4 Å². The average Bonchev–Trinajstić information content (AvgIpc) is 2.48. The predicted octanol–water partition coefficient (Wildman–Crippen LogP) is 6.10. The molecule has 0 radical (unpaired) electrons. The molecule has 0 aromatic carbocycles. The molecule has 2 heterocycles. The molecule has 0 fully saturated rings. The highest BCUT2D eigenvalue weighted by Crippen LogP contribution is 2.34. The van der Waals surface area contributed by atoms with E-state index in [2.05, 4.69) is 20.2 Å². The van der Waals surface area contributed by atoms with Gasteiger partial charge in [0.1, 0.15) is 6.54 Å². The molecule has 2 rings (SSSR count). The van der Waals surface area contributed by atoms with Crippen molar-refractivity contribution in [1.82, 2.24) is 9.97 Å². The fraction of sp³-hybridized carbons (Fsp3) is 0.231. The van der Waals surface area contributed by atoms with Crippen LogP contribution in [0, 0.1) is 0 Å². The first-order valence-corrected chi connectivity index (χ1v) is 7.06. The molecule has 2 aromatic heterocycles. The SMILES string of the molecule is FC(F)(F)c1cnc(CN=Nc2ncc(C(F)(F)F)cc2Cl)c(Cl)c1. The minimum atomic E-state index is -4.61. The van der Waals surface area contributed by atoms with Gasteiger partial charge in [-0.15, -0.1) is 5.11 Å². The topological polar surface area (TPSA) is 50.5 Å². The fourth-order valence-electron chi connectivity index (χ4n) is 1.57. The highest BCUT2D eigenvalue weighted by molar-refractivity contribution is 6.32. The summed E-state index contributed by atoms with van der Waals surface area (Å²) in [4.78, 5) is 6.97. The molecule has 0 aliphatic carbocycles. The van der Waals surface area contributed by atoms with E-state index in [1.54, 1.807) is 0 Å². The summed E-state index contributed by atoms with van der Waals surface area (Å²) in [6.45, 7) is -0.310. The number of aromatic nitrogens is 2. The van der Waals surface area contributed by atoms with Crippen molar-refractivity contribution in [2.75, 3.05) is 0 Å². The lowest BCUT2D eigenvalue weighted by Crippen LogP contribution is -2.06. The number of azo groups is 1. The zero-order valence-corrected chi connectivity index (χ0v) is 13.3. The highest BCUT2D eigenvalue weighted by Gasteiger charge is 2.32. The van der Waals surface area contributed by atoms with Gasteiger partial charge in [-0.1, -0.05) is 23.2 Å². The fourth-order valence-corrected chi connectivity index (χ4v) is 2.00. The Morgan fingerprint density at radius 3 is 1.84 bits per heavy atom. The Bertz CT molecular complexity index is 804. The van der Waals surface area contributed by atoms with Crippen LogP contribution >= 0.6 is 23.2 Å². The zero-order valence-electron chi connectivity index (χ0n) is 11.8. The van der Waals surface area contributed by atoms with E-state index in [9.17, 15) is 26.3 Å². The molecular weight excluding hydrogens is 397 g/mol. The summed E-state index contributed by atoms with van der Waals surface area (Å²) in [5.74, 6) is -0.280. The molecule has 0 atom stereocenters. The van der Waals surface area contributed by atoms with Crippen molar-refractivity contribution in [2.24, 2.45) is 10.2 Å². The molecule has 0 spiro atoms. The standard InChI is InChI=1S/C13H6Cl2F6N4/c14-8-1-6(12(16,17)18)3-22-10(8)5-24-25-11-9(15)2-7(4-23-11)13(19,20)21/h1-4H,5H2. The number of alkyl halides is 6. The Hall–Kier alpha value is -1.94. The molecule has 0 saturated carbocycles. The third-order valence-corrected chi connectivity index (χ3v) is 3.39. The van der Waals surface area contributed by atoms with Crippen molar-refractivity contribution in [3.8, 4) is 0 Å². The summed E-state index contributed by atoms with van der Waals surface area (Å²) in [6.07, 6.45) is -8.08. The highest BCUT2D eigenvalue weighted by atomic mass is 35.5. The first-order chi connectivity index (χ1) is 11.5. The van der Waals surface area contributed by atoms with Gasteiger partial charge in [0.05, 0.1) is 26.9 Å². The molecule has 25 heavy (non-hydrogen) atoms. The van der Waals surface area contributed by atoms with Crippen LogP contribution in [-0.4, -0.2) is 9.97 Å². The summed E-state index contributed by atoms with van der Waals surface area (Å²) in [5, 5.41) is 6.45. The number of halogens is 8. The molecular formula is C13H6Cl2F6N4. The molecule has 0 bridgehead atoms. The monoisotopic (exact) mass is 402 g/mol. The number of pyridine rings is 2. The molecule has 0 saturated heterocycles. The second-order valence-electron chi connectivity index (χ2n) is 4.58. The van der Waals surface area contributed by atoms with Crippen molar-refractivity contribution in [1.29, 1.82) is 0 Å². The van der Waals surface area contributed by atoms with Crippen molar-refractivity contribution >= 4 is 29.0 Å². The van der Waals surface area contributed by atoms with Gasteiger partial charge in [0.15, 0.2) is 5.82 Å². The van der Waals surface area contributed by atoms with Crippen LogP contribution in [-0.2, 0) is 18.9 Å². The molecule has 0 N–H and O–H groups in total. The average molecular weight is 403 g/mol. The number of hydrogen-bond donors (Lipinski definition) is 0. The Balaban J connectivity index is 2.14. The minimum absolute atomic E-state index is 0.00134. The smallest absolute Gasteiger partial charge is 0.257 e. The molecule has 0 aliphatic rings. The van der Waals surface area contributed by atoms with Crippen LogP contribution in [0.1, 0.15) is 16.8 Å². The van der Waals surface area contributed by atoms with E-state index in [1.165, 1.54) is 0 Å². The third-order valence-electron chi connectivity index (χ3n) is 2.78. The van der Waals surface area contributed by atoms with Crippen molar-refractivity contribution in [2.45, 2.75) is 18.9 Å². The van der Waals surface area contributed by atoms with Crippen molar-refractivity contribution in [3.63, 3.8) is 0 Å². The molecule has 12 heteroatoms. The summed E-state index contributed by atoms with van der Waals surface area (Å²) < 4.78 is 74.9. The van der Waals surface area contributed by atoms with E-state index >= 15 is 0 Å². The Kier molecular flexibility index (Phi) is 5.52. The van der Waals surface area contributed by atoms with Crippen LogP contribution in [0.3, 0.4) is 0 Å². The van der Waals surface area contributed by atoms with Crippen molar-refractivity contribution in [3.05, 3.63) is 51.4 Å². The van der Waals surface area contributed by atoms with E-state index in [-0.39, 0.29) is 28.1 Å². The van der Waals surface area contributed by atoms with Crippen molar-refractivity contribution < 1.29 is 26.3 Å². The van der Waals surface area contributed by atoms with Gasteiger partial charge in [-0.25, -0.2) is 4.98 Å². The molecule has 4 nitrogen and oxygen atoms in total. The van der Waals surface area contributed by atoms with Crippen LogP contribution in [0.15, 0.2) is 34.8 Å². The molecule has 0 amide bonds. The zero-order chi connectivity index (χ0) is 18.8. The summed E-state index contributed by atoms with van der Waals surface area (Å²) >= 11 is 11.3. The van der Waals surface area contributed by atoms with Crippen LogP contribution in [0.4, 0.5) is 32.2 Å². The maximum atomic E-state index is 12.5. The van der Waals surface area contributed by atoms with Crippen LogP contribution < -0.4 is 0 Å². The van der Waals surface area contributed by atoms with Gasteiger partial charge in [0.25, 0.3) is 0 Å². The van der Waals surface area contributed by atoms with Gasteiger partial charge in [-0.05, 0) is 12.1 Å². The van der Waals surface area contributed by atoms with Crippen LogP contribution in [0.5, 0.6) is 0 Å². The lowest BCUT2D eigenvalue weighted by atomic mass is 10.2. The van der Waals surface area contributed by atoms with Gasteiger partial charge >= 0.3 is 12.4 Å². The van der Waals surface area contributed by atoms with Gasteiger partial charge in [-0.3, -0.25) is 4.98 Å². The maximum Gasteiger partial charge on any atom is 0.417 e. The maximum absolute atomic E-state index is 12.5. The molecule has 0 unspecified atom stereocenters. The summed E-state index contributed by atoms with van der Waals surface area (Å²) in [6, 6.07) is 1.31. The lowest BCUT2D eigenvalue weighted by Gasteiger charge is -2.08. The second kappa shape index (κ2) is 7.12. The number of rotatable bonds is 3. The van der Waals surface area contributed by atoms with Crippen LogP contribution in [0.2, 0.25) is 10.0 Å². The quantitative estimate of drug-likeness (QED) is 0.459. The number of hydrogen-bond acceptors (Lipinski definition) is 4. The second-order valence-corrected chi connectivity index (χ2v) is 5.39. The minimum Gasteiger partial charge on any atom is -0.257 e. The Morgan fingerprint density at radius 1 is 0.840 bits per heavy atom. The molecule has 134 valence electrons. The Morgan fingerprint density at radius 2 is 1.36 bits per heavy atom. The number of nitrogens with zero attached hydrogens (tertiary/aromatic N) is 4. The van der Waals surface area contributed by atoms with Gasteiger partial charge < -0.3 is 0 Å². The first kappa shape index (κ1) is 19.4. The Labute approximate surface area is 146 Å².